The molecule has 0 aromatic rings. The van der Waals surface area contributed by atoms with Crippen LogP contribution in [0.15, 0.2) is 0 Å². The van der Waals surface area contributed by atoms with Crippen molar-refractivity contribution in [1.29, 1.82) is 0 Å². The van der Waals surface area contributed by atoms with Crippen LogP contribution in [0.2, 0.25) is 0 Å². The van der Waals surface area contributed by atoms with Crippen LogP contribution in [0.4, 0.5) is 13.2 Å². The summed E-state index contributed by atoms with van der Waals surface area (Å²) in [7, 11) is 0. The predicted octanol–water partition coefficient (Wildman–Crippen LogP) is 2.33. The molecule has 0 aromatic heterocycles. The Morgan fingerprint density at radius 3 is 1.45 bits per heavy atom. The Morgan fingerprint density at radius 1 is 1.00 bits per heavy atom. The van der Waals surface area contributed by atoms with Crippen molar-refractivity contribution in [3.63, 3.8) is 0 Å². The van der Waals surface area contributed by atoms with Crippen molar-refractivity contribution < 1.29 is 13.2 Å². The van der Waals surface area contributed by atoms with E-state index in [9.17, 15) is 13.2 Å². The molecule has 1 aliphatic rings. The fraction of sp³-hybridized carbons (Fsp3) is 1.00. The maximum Gasteiger partial charge on any atom is 0.386 e. The van der Waals surface area contributed by atoms with Gasteiger partial charge in [0.15, 0.2) is 0 Å². The lowest BCUT2D eigenvalue weighted by molar-refractivity contribution is -0.110. The van der Waals surface area contributed by atoms with Crippen LogP contribution >= 0.6 is 0 Å². The minimum Gasteiger partial charge on any atom is -0.317 e. The average Bonchev–Trinajstić information content (AvgIpc) is 1.88. The summed E-state index contributed by atoms with van der Waals surface area (Å²) >= 11 is 0. The molecule has 1 nitrogen and oxygen atoms in total. The first-order valence-electron chi connectivity index (χ1n) is 3.77. The third kappa shape index (κ3) is 17.7. The standard InChI is InChI=1S/C5H11N.C2H3F3/c1-2-4-6-5-3-1;1-2(3,4)5/h6H,1-5H2;1H3. The molecule has 4 heteroatoms. The molecule has 0 radical (unpaired) electrons. The molecule has 1 heterocycles. The molecule has 68 valence electrons. The zero-order chi connectivity index (χ0) is 8.74. The van der Waals surface area contributed by atoms with Gasteiger partial charge in [-0.2, -0.15) is 13.2 Å². The number of rotatable bonds is 0. The van der Waals surface area contributed by atoms with Gasteiger partial charge in [-0.1, -0.05) is 6.42 Å². The molecule has 0 atom stereocenters. The van der Waals surface area contributed by atoms with Crippen LogP contribution in [0.1, 0.15) is 26.2 Å². The van der Waals surface area contributed by atoms with E-state index in [4.69, 9.17) is 0 Å². The van der Waals surface area contributed by atoms with E-state index in [1.165, 1.54) is 32.4 Å². The van der Waals surface area contributed by atoms with E-state index >= 15 is 0 Å². The number of piperidine rings is 1. The summed E-state index contributed by atoms with van der Waals surface area (Å²) in [5.74, 6) is 0. The zero-order valence-corrected chi connectivity index (χ0v) is 6.67. The first-order chi connectivity index (χ1) is 5.00. The molecule has 0 amide bonds. The molecule has 1 N–H and O–H groups in total. The normalized spacial score (nSPS) is 18.5. The van der Waals surface area contributed by atoms with Gasteiger partial charge in [-0.05, 0) is 25.9 Å². The summed E-state index contributed by atoms with van der Waals surface area (Å²) in [5, 5.41) is 3.28. The van der Waals surface area contributed by atoms with Crippen LogP contribution in [-0.4, -0.2) is 19.3 Å². The number of hydrogen-bond acceptors (Lipinski definition) is 1. The number of halogens is 3. The van der Waals surface area contributed by atoms with Crippen molar-refractivity contribution in [3.8, 4) is 0 Å². The summed E-state index contributed by atoms with van der Waals surface area (Å²) in [6, 6.07) is 0. The second-order valence-corrected chi connectivity index (χ2v) is 2.59. The summed E-state index contributed by atoms with van der Waals surface area (Å²) < 4.78 is 31.1. The van der Waals surface area contributed by atoms with E-state index in [1.54, 1.807) is 0 Å². The molecule has 0 spiro atoms. The highest BCUT2D eigenvalue weighted by Gasteiger charge is 2.15. The largest absolute Gasteiger partial charge is 0.386 e. The maximum atomic E-state index is 10.4. The second-order valence-electron chi connectivity index (χ2n) is 2.59. The highest BCUT2D eigenvalue weighted by atomic mass is 19.4. The highest BCUT2D eigenvalue weighted by Crippen LogP contribution is 2.10. The average molecular weight is 169 g/mol. The second kappa shape index (κ2) is 5.41. The highest BCUT2D eigenvalue weighted by molar-refractivity contribution is 4.55. The van der Waals surface area contributed by atoms with Gasteiger partial charge in [0.25, 0.3) is 0 Å². The van der Waals surface area contributed by atoms with Gasteiger partial charge in [0.05, 0.1) is 0 Å². The lowest BCUT2D eigenvalue weighted by Gasteiger charge is -2.08. The number of hydrogen-bond donors (Lipinski definition) is 1. The SMILES string of the molecule is C1CCNCC1.CC(F)(F)F. The van der Waals surface area contributed by atoms with E-state index < -0.39 is 6.18 Å². The molecule has 0 saturated carbocycles. The van der Waals surface area contributed by atoms with Gasteiger partial charge in [-0.25, -0.2) is 0 Å². The molecular weight excluding hydrogens is 155 g/mol. The van der Waals surface area contributed by atoms with Crippen molar-refractivity contribution in [2.45, 2.75) is 32.4 Å². The quantitative estimate of drug-likeness (QED) is 0.586. The van der Waals surface area contributed by atoms with E-state index in [0.717, 1.165) is 0 Å². The zero-order valence-electron chi connectivity index (χ0n) is 6.67. The lowest BCUT2D eigenvalue weighted by atomic mass is 10.2. The van der Waals surface area contributed by atoms with Crippen molar-refractivity contribution in [3.05, 3.63) is 0 Å². The van der Waals surface area contributed by atoms with Gasteiger partial charge < -0.3 is 5.32 Å². The van der Waals surface area contributed by atoms with Crippen LogP contribution in [0.5, 0.6) is 0 Å². The van der Waals surface area contributed by atoms with Crippen LogP contribution < -0.4 is 5.32 Å². The summed E-state index contributed by atoms with van der Waals surface area (Å²) in [4.78, 5) is 0. The Kier molecular flexibility index (Phi) is 5.28. The number of nitrogens with one attached hydrogen (secondary N) is 1. The minimum absolute atomic E-state index is 0.188. The lowest BCUT2D eigenvalue weighted by Crippen LogP contribution is -2.21. The van der Waals surface area contributed by atoms with Crippen LogP contribution in [0, 0.1) is 0 Å². The van der Waals surface area contributed by atoms with Gasteiger partial charge in [0.1, 0.15) is 0 Å². The molecule has 0 unspecified atom stereocenters. The third-order valence-corrected chi connectivity index (χ3v) is 1.21. The molecular formula is C7H14F3N. The van der Waals surface area contributed by atoms with Crippen molar-refractivity contribution in [1.82, 2.24) is 5.32 Å². The molecule has 1 saturated heterocycles. The summed E-state index contributed by atoms with van der Waals surface area (Å²) in [6.07, 6.45) is 0.215. The Balaban J connectivity index is 0.000000187. The van der Waals surface area contributed by atoms with Gasteiger partial charge in [-0.3, -0.25) is 0 Å². The molecule has 11 heavy (non-hydrogen) atoms. The van der Waals surface area contributed by atoms with Crippen molar-refractivity contribution >= 4 is 0 Å². The van der Waals surface area contributed by atoms with Gasteiger partial charge in [-0.15, -0.1) is 0 Å². The van der Waals surface area contributed by atoms with Gasteiger partial charge in [0, 0.05) is 6.92 Å². The smallest absolute Gasteiger partial charge is 0.317 e. The Labute approximate surface area is 65.0 Å². The van der Waals surface area contributed by atoms with Crippen LogP contribution in [0.25, 0.3) is 0 Å². The van der Waals surface area contributed by atoms with E-state index in [-0.39, 0.29) is 6.92 Å². The first-order valence-corrected chi connectivity index (χ1v) is 3.77. The molecule has 1 fully saturated rings. The van der Waals surface area contributed by atoms with E-state index in [0.29, 0.717) is 0 Å². The monoisotopic (exact) mass is 169 g/mol. The van der Waals surface area contributed by atoms with Crippen molar-refractivity contribution in [2.24, 2.45) is 0 Å². The number of alkyl halides is 3. The molecule has 0 aliphatic carbocycles. The van der Waals surface area contributed by atoms with Crippen LogP contribution in [-0.2, 0) is 0 Å². The Morgan fingerprint density at radius 2 is 1.36 bits per heavy atom. The summed E-state index contributed by atoms with van der Waals surface area (Å²) in [6.45, 7) is 2.69. The first kappa shape index (κ1) is 10.8. The van der Waals surface area contributed by atoms with Crippen LogP contribution in [0.3, 0.4) is 0 Å². The fourth-order valence-corrected chi connectivity index (χ4v) is 0.802. The van der Waals surface area contributed by atoms with E-state index in [2.05, 4.69) is 5.32 Å². The topological polar surface area (TPSA) is 12.0 Å². The Bertz CT molecular complexity index is 68.7. The fourth-order valence-electron chi connectivity index (χ4n) is 0.802. The summed E-state index contributed by atoms with van der Waals surface area (Å²) in [5.41, 5.74) is 0. The minimum atomic E-state index is -4.00. The molecule has 0 aromatic carbocycles. The maximum absolute atomic E-state index is 10.4. The molecule has 1 aliphatic heterocycles. The predicted molar refractivity (Wildman–Crippen MR) is 38.4 cm³/mol. The Hall–Kier alpha value is -0.250. The molecule has 1 rings (SSSR count). The van der Waals surface area contributed by atoms with Gasteiger partial charge >= 0.3 is 6.18 Å². The van der Waals surface area contributed by atoms with Gasteiger partial charge in [0.2, 0.25) is 0 Å². The van der Waals surface area contributed by atoms with Crippen molar-refractivity contribution in [2.75, 3.05) is 13.1 Å². The van der Waals surface area contributed by atoms with E-state index in [1.807, 2.05) is 0 Å². The third-order valence-electron chi connectivity index (χ3n) is 1.21. The molecule has 0 bridgehead atoms.